The summed E-state index contributed by atoms with van der Waals surface area (Å²) in [5.74, 6) is -0.234. The average Bonchev–Trinajstić information content (AvgIpc) is 2.52. The van der Waals surface area contributed by atoms with Crippen LogP contribution in [0, 0.1) is 0 Å². The van der Waals surface area contributed by atoms with Gasteiger partial charge in [-0.05, 0) is 24.5 Å². The first-order valence-electron chi connectivity index (χ1n) is 7.30. The molecule has 0 radical (unpaired) electrons. The maximum absolute atomic E-state index is 11.6. The van der Waals surface area contributed by atoms with Gasteiger partial charge in [0.1, 0.15) is 0 Å². The van der Waals surface area contributed by atoms with Gasteiger partial charge < -0.3 is 10.1 Å². The fourth-order valence-electron chi connectivity index (χ4n) is 1.86. The second kappa shape index (κ2) is 10.7. The summed E-state index contributed by atoms with van der Waals surface area (Å²) in [6, 6.07) is 9.71. The fourth-order valence-corrected chi connectivity index (χ4v) is 1.86. The Hall–Kier alpha value is -2.10. The molecule has 0 unspecified atom stereocenters. The van der Waals surface area contributed by atoms with Gasteiger partial charge in [-0.1, -0.05) is 43.2 Å². The molecule has 0 aliphatic carbocycles. The quantitative estimate of drug-likeness (QED) is 0.432. The van der Waals surface area contributed by atoms with Crippen molar-refractivity contribution in [1.82, 2.24) is 5.32 Å². The molecule has 4 nitrogen and oxygen atoms in total. The Bertz CT molecular complexity index is 454. The standard InChI is InChI=1S/C17H23NO3/c1-21-17(20)11-7-2-3-8-14-18-16(19)13-12-15-9-5-4-6-10-15/h4-6,9-10,12-13H,2-3,7-8,11,14H2,1H3,(H,18,19)/b13-12+. The zero-order valence-electron chi connectivity index (χ0n) is 12.5. The van der Waals surface area contributed by atoms with Crippen LogP contribution in [0.5, 0.6) is 0 Å². The normalized spacial score (nSPS) is 10.5. The molecule has 1 rings (SSSR count). The molecule has 4 heteroatoms. The van der Waals surface area contributed by atoms with E-state index in [2.05, 4.69) is 10.1 Å². The van der Waals surface area contributed by atoms with Gasteiger partial charge in [0.2, 0.25) is 5.91 Å². The molecule has 0 saturated carbocycles. The third-order valence-electron chi connectivity index (χ3n) is 3.06. The maximum atomic E-state index is 11.6. The number of ether oxygens (including phenoxy) is 1. The van der Waals surface area contributed by atoms with Crippen molar-refractivity contribution < 1.29 is 14.3 Å². The van der Waals surface area contributed by atoms with Gasteiger partial charge in [0.25, 0.3) is 0 Å². The van der Waals surface area contributed by atoms with Crippen LogP contribution in [0.1, 0.15) is 37.7 Å². The zero-order valence-corrected chi connectivity index (χ0v) is 12.5. The molecule has 1 N–H and O–H groups in total. The number of rotatable bonds is 9. The smallest absolute Gasteiger partial charge is 0.305 e. The highest BCUT2D eigenvalue weighted by Crippen LogP contribution is 2.03. The van der Waals surface area contributed by atoms with Gasteiger partial charge in [-0.2, -0.15) is 0 Å². The van der Waals surface area contributed by atoms with Gasteiger partial charge in [0, 0.05) is 19.0 Å². The topological polar surface area (TPSA) is 55.4 Å². The minimum atomic E-state index is -0.158. The van der Waals surface area contributed by atoms with Gasteiger partial charge in [0.05, 0.1) is 7.11 Å². The van der Waals surface area contributed by atoms with Crippen LogP contribution in [0.25, 0.3) is 6.08 Å². The summed E-state index contributed by atoms with van der Waals surface area (Å²) in [6.07, 6.45) is 7.56. The third kappa shape index (κ3) is 8.63. The van der Waals surface area contributed by atoms with Crippen LogP contribution in [0.2, 0.25) is 0 Å². The van der Waals surface area contributed by atoms with Crippen LogP contribution < -0.4 is 5.32 Å². The van der Waals surface area contributed by atoms with Crippen LogP contribution in [0.4, 0.5) is 0 Å². The monoisotopic (exact) mass is 289 g/mol. The van der Waals surface area contributed by atoms with Crippen molar-refractivity contribution in [2.75, 3.05) is 13.7 Å². The molecule has 0 saturated heterocycles. The Morgan fingerprint density at radius 3 is 2.52 bits per heavy atom. The van der Waals surface area contributed by atoms with Gasteiger partial charge in [0.15, 0.2) is 0 Å². The Labute approximate surface area is 126 Å². The molecule has 1 amide bonds. The molecule has 0 aliphatic heterocycles. The highest BCUT2D eigenvalue weighted by atomic mass is 16.5. The molecule has 0 aliphatic rings. The van der Waals surface area contributed by atoms with Crippen molar-refractivity contribution >= 4 is 18.0 Å². The van der Waals surface area contributed by atoms with E-state index in [0.717, 1.165) is 31.2 Å². The molecule has 0 fully saturated rings. The lowest BCUT2D eigenvalue weighted by atomic mass is 10.1. The number of amides is 1. The van der Waals surface area contributed by atoms with Crippen molar-refractivity contribution in [3.63, 3.8) is 0 Å². The van der Waals surface area contributed by atoms with E-state index in [1.165, 1.54) is 7.11 Å². The Kier molecular flexibility index (Phi) is 8.61. The molecule has 0 aromatic heterocycles. The van der Waals surface area contributed by atoms with Crippen LogP contribution in [-0.4, -0.2) is 25.5 Å². The first kappa shape index (κ1) is 17.0. The summed E-state index contributed by atoms with van der Waals surface area (Å²) in [5.41, 5.74) is 1.01. The third-order valence-corrected chi connectivity index (χ3v) is 3.06. The van der Waals surface area contributed by atoms with Gasteiger partial charge in [-0.15, -0.1) is 0 Å². The number of esters is 1. The van der Waals surface area contributed by atoms with Crippen molar-refractivity contribution in [1.29, 1.82) is 0 Å². The van der Waals surface area contributed by atoms with Crippen molar-refractivity contribution in [3.05, 3.63) is 42.0 Å². The summed E-state index contributed by atoms with van der Waals surface area (Å²) in [7, 11) is 1.40. The molecule has 1 aromatic rings. The molecule has 21 heavy (non-hydrogen) atoms. The molecular formula is C17H23NO3. The summed E-state index contributed by atoms with van der Waals surface area (Å²) in [5, 5.41) is 2.85. The van der Waals surface area contributed by atoms with Crippen LogP contribution in [-0.2, 0) is 14.3 Å². The predicted molar refractivity (Wildman–Crippen MR) is 83.6 cm³/mol. The van der Waals surface area contributed by atoms with E-state index >= 15 is 0 Å². The van der Waals surface area contributed by atoms with E-state index in [1.54, 1.807) is 12.2 Å². The lowest BCUT2D eigenvalue weighted by Gasteiger charge is -2.02. The van der Waals surface area contributed by atoms with Crippen molar-refractivity contribution in [2.45, 2.75) is 32.1 Å². The number of methoxy groups -OCH3 is 1. The summed E-state index contributed by atoms with van der Waals surface area (Å²) >= 11 is 0. The zero-order chi connectivity index (χ0) is 15.3. The van der Waals surface area contributed by atoms with Crippen LogP contribution in [0.15, 0.2) is 36.4 Å². The summed E-state index contributed by atoms with van der Waals surface area (Å²) < 4.78 is 4.57. The molecule has 0 atom stereocenters. The van der Waals surface area contributed by atoms with E-state index in [9.17, 15) is 9.59 Å². The molecule has 1 aromatic carbocycles. The number of hydrogen-bond donors (Lipinski definition) is 1. The van der Waals surface area contributed by atoms with E-state index < -0.39 is 0 Å². The highest BCUT2D eigenvalue weighted by molar-refractivity contribution is 5.91. The number of nitrogens with one attached hydrogen (secondary N) is 1. The fraction of sp³-hybridized carbons (Fsp3) is 0.412. The minimum absolute atomic E-state index is 0.0755. The number of benzene rings is 1. The first-order valence-corrected chi connectivity index (χ1v) is 7.30. The Morgan fingerprint density at radius 1 is 1.10 bits per heavy atom. The number of hydrogen-bond acceptors (Lipinski definition) is 3. The number of carbonyl (C=O) groups is 2. The van der Waals surface area contributed by atoms with Crippen molar-refractivity contribution in [3.8, 4) is 0 Å². The van der Waals surface area contributed by atoms with E-state index in [4.69, 9.17) is 0 Å². The van der Waals surface area contributed by atoms with Gasteiger partial charge in [-0.25, -0.2) is 0 Å². The maximum Gasteiger partial charge on any atom is 0.305 e. The van der Waals surface area contributed by atoms with E-state index in [0.29, 0.717) is 13.0 Å². The number of unbranched alkanes of at least 4 members (excludes halogenated alkanes) is 3. The predicted octanol–water partition coefficient (Wildman–Crippen LogP) is 2.94. The van der Waals surface area contributed by atoms with E-state index in [1.807, 2.05) is 30.3 Å². The molecule has 0 bridgehead atoms. The Morgan fingerprint density at radius 2 is 1.81 bits per heavy atom. The van der Waals surface area contributed by atoms with E-state index in [-0.39, 0.29) is 11.9 Å². The average molecular weight is 289 g/mol. The van der Waals surface area contributed by atoms with Gasteiger partial charge >= 0.3 is 5.97 Å². The SMILES string of the molecule is COC(=O)CCCCCCNC(=O)/C=C/c1ccccc1. The lowest BCUT2D eigenvalue weighted by molar-refractivity contribution is -0.140. The Balaban J connectivity index is 2.04. The largest absolute Gasteiger partial charge is 0.469 e. The first-order chi connectivity index (χ1) is 10.2. The summed E-state index contributed by atoms with van der Waals surface area (Å²) in [4.78, 5) is 22.5. The second-order valence-corrected chi connectivity index (χ2v) is 4.78. The van der Waals surface area contributed by atoms with Crippen molar-refractivity contribution in [2.24, 2.45) is 0 Å². The molecule has 114 valence electrons. The summed E-state index contributed by atoms with van der Waals surface area (Å²) in [6.45, 7) is 0.663. The van der Waals surface area contributed by atoms with Crippen LogP contribution >= 0.6 is 0 Å². The van der Waals surface area contributed by atoms with Gasteiger partial charge in [-0.3, -0.25) is 9.59 Å². The van der Waals surface area contributed by atoms with Crippen LogP contribution in [0.3, 0.4) is 0 Å². The second-order valence-electron chi connectivity index (χ2n) is 4.78. The minimum Gasteiger partial charge on any atom is -0.469 e. The molecule has 0 heterocycles. The lowest BCUT2D eigenvalue weighted by Crippen LogP contribution is -2.21. The molecule has 0 spiro atoms. The number of carbonyl (C=O) groups excluding carboxylic acids is 2. The molecular weight excluding hydrogens is 266 g/mol. The highest BCUT2D eigenvalue weighted by Gasteiger charge is 1.99.